The molecule has 6 nitrogen and oxygen atoms in total. The Labute approximate surface area is 135 Å². The van der Waals surface area contributed by atoms with Gasteiger partial charge in [-0.2, -0.15) is 0 Å². The number of phenolic OH excluding ortho intramolecular Hbond substituents is 1. The Hall–Kier alpha value is -2.08. The molecule has 1 amide bonds. The zero-order valence-electron chi connectivity index (χ0n) is 13.7. The Kier molecular flexibility index (Phi) is 4.66. The first-order valence-corrected chi connectivity index (χ1v) is 7.59. The molecule has 1 aliphatic rings. The molecule has 2 N–H and O–H groups in total. The van der Waals surface area contributed by atoms with Crippen molar-refractivity contribution in [1.29, 1.82) is 0 Å². The van der Waals surface area contributed by atoms with E-state index in [1.807, 2.05) is 13.8 Å². The van der Waals surface area contributed by atoms with Crippen LogP contribution in [0, 0.1) is 5.41 Å². The predicted octanol–water partition coefficient (Wildman–Crippen LogP) is 1.66. The van der Waals surface area contributed by atoms with Gasteiger partial charge in [-0.05, 0) is 31.0 Å². The Balaban J connectivity index is 2.11. The summed E-state index contributed by atoms with van der Waals surface area (Å²) in [6.45, 7) is 5.82. The number of rotatable bonds is 4. The molecule has 0 spiro atoms. The van der Waals surface area contributed by atoms with Crippen LogP contribution < -0.4 is 0 Å². The van der Waals surface area contributed by atoms with Crippen LogP contribution in [-0.4, -0.2) is 52.3 Å². The topological polar surface area (TPSA) is 87.1 Å². The van der Waals surface area contributed by atoms with Crippen LogP contribution in [-0.2, 0) is 20.7 Å². The molecule has 2 rings (SSSR count). The molecule has 1 aromatic carbocycles. The molecule has 1 atom stereocenters. The van der Waals surface area contributed by atoms with E-state index in [9.17, 15) is 19.8 Å². The first-order chi connectivity index (χ1) is 10.6. The highest BCUT2D eigenvalue weighted by atomic mass is 16.5. The third kappa shape index (κ3) is 3.82. The number of nitrogens with zero attached hydrogens (tertiary/aromatic N) is 1. The van der Waals surface area contributed by atoms with Crippen LogP contribution >= 0.6 is 0 Å². The molecule has 1 saturated heterocycles. The normalized spacial score (nSPS) is 22.0. The van der Waals surface area contributed by atoms with Crippen LogP contribution in [0.5, 0.6) is 5.75 Å². The lowest BCUT2D eigenvalue weighted by Gasteiger charge is -2.40. The number of ether oxygens (including phenoxy) is 1. The second kappa shape index (κ2) is 6.20. The number of carboxylic acids is 1. The van der Waals surface area contributed by atoms with E-state index >= 15 is 0 Å². The van der Waals surface area contributed by atoms with Crippen molar-refractivity contribution in [1.82, 2.24) is 4.90 Å². The fourth-order valence-corrected chi connectivity index (χ4v) is 2.80. The largest absolute Gasteiger partial charge is 0.508 e. The van der Waals surface area contributed by atoms with Crippen molar-refractivity contribution in [2.24, 2.45) is 5.41 Å². The monoisotopic (exact) mass is 321 g/mol. The number of carbonyl (C=O) groups is 2. The van der Waals surface area contributed by atoms with Gasteiger partial charge in [-0.15, -0.1) is 0 Å². The van der Waals surface area contributed by atoms with Crippen LogP contribution in [0.1, 0.15) is 26.3 Å². The van der Waals surface area contributed by atoms with E-state index in [1.165, 1.54) is 6.92 Å². The molecule has 0 bridgehead atoms. The number of carbonyl (C=O) groups excluding carboxylic acids is 1. The van der Waals surface area contributed by atoms with Gasteiger partial charge in [0.15, 0.2) is 5.60 Å². The number of phenols is 1. The van der Waals surface area contributed by atoms with E-state index in [-0.39, 0.29) is 24.8 Å². The molecule has 6 heteroatoms. The van der Waals surface area contributed by atoms with Crippen molar-refractivity contribution in [3.05, 3.63) is 29.8 Å². The SMILES string of the molecule is CC(C)(Cc1ccc(O)cc1)C(=O)N1CCOC(C)(C(=O)O)C1. The number of aromatic hydroxyl groups is 1. The Morgan fingerprint density at radius 1 is 1.30 bits per heavy atom. The molecular formula is C17H23NO5. The van der Waals surface area contributed by atoms with Gasteiger partial charge >= 0.3 is 5.97 Å². The molecule has 0 aliphatic carbocycles. The third-order valence-corrected chi connectivity index (χ3v) is 4.18. The zero-order valence-corrected chi connectivity index (χ0v) is 13.7. The lowest BCUT2D eigenvalue weighted by molar-refractivity contribution is -0.179. The van der Waals surface area contributed by atoms with Gasteiger partial charge < -0.3 is 19.8 Å². The molecule has 1 fully saturated rings. The summed E-state index contributed by atoms with van der Waals surface area (Å²) in [4.78, 5) is 25.7. The number of hydrogen-bond donors (Lipinski definition) is 2. The number of benzene rings is 1. The summed E-state index contributed by atoms with van der Waals surface area (Å²) in [5.74, 6) is -0.976. The van der Waals surface area contributed by atoms with Crippen LogP contribution in [0.2, 0.25) is 0 Å². The Morgan fingerprint density at radius 3 is 2.48 bits per heavy atom. The second-order valence-electron chi connectivity index (χ2n) is 6.84. The van der Waals surface area contributed by atoms with Gasteiger partial charge in [0.1, 0.15) is 5.75 Å². The highest BCUT2D eigenvalue weighted by molar-refractivity contribution is 5.84. The van der Waals surface area contributed by atoms with E-state index in [0.29, 0.717) is 13.0 Å². The minimum atomic E-state index is -1.36. The highest BCUT2D eigenvalue weighted by Crippen LogP contribution is 2.28. The number of hydrogen-bond acceptors (Lipinski definition) is 4. The van der Waals surface area contributed by atoms with Crippen LogP contribution in [0.3, 0.4) is 0 Å². The van der Waals surface area contributed by atoms with Crippen molar-refractivity contribution in [2.75, 3.05) is 19.7 Å². The second-order valence-corrected chi connectivity index (χ2v) is 6.84. The van der Waals surface area contributed by atoms with Crippen molar-refractivity contribution in [3.63, 3.8) is 0 Å². The molecule has 126 valence electrons. The summed E-state index contributed by atoms with van der Waals surface area (Å²) in [5.41, 5.74) is -1.09. The molecule has 1 aromatic rings. The summed E-state index contributed by atoms with van der Waals surface area (Å²) in [6.07, 6.45) is 0.507. The van der Waals surface area contributed by atoms with E-state index in [1.54, 1.807) is 29.2 Å². The maximum absolute atomic E-state index is 12.8. The maximum Gasteiger partial charge on any atom is 0.337 e. The van der Waals surface area contributed by atoms with Crippen molar-refractivity contribution in [3.8, 4) is 5.75 Å². The predicted molar refractivity (Wildman–Crippen MR) is 84.2 cm³/mol. The van der Waals surface area contributed by atoms with Gasteiger partial charge in [0, 0.05) is 12.0 Å². The maximum atomic E-state index is 12.8. The summed E-state index contributed by atoms with van der Waals surface area (Å²) in [7, 11) is 0. The first-order valence-electron chi connectivity index (χ1n) is 7.59. The molecule has 0 aromatic heterocycles. The molecule has 0 saturated carbocycles. The number of carboxylic acid groups (broad SMARTS) is 1. The van der Waals surface area contributed by atoms with Crippen molar-refractivity contribution >= 4 is 11.9 Å². The Bertz CT molecular complexity index is 596. The molecule has 1 heterocycles. The molecular weight excluding hydrogens is 298 g/mol. The molecule has 0 radical (unpaired) electrons. The molecule has 1 aliphatic heterocycles. The van der Waals surface area contributed by atoms with E-state index < -0.39 is 17.0 Å². The van der Waals surface area contributed by atoms with Crippen LogP contribution in [0.15, 0.2) is 24.3 Å². The summed E-state index contributed by atoms with van der Waals surface area (Å²) >= 11 is 0. The summed E-state index contributed by atoms with van der Waals surface area (Å²) in [6, 6.07) is 6.74. The zero-order chi connectivity index (χ0) is 17.3. The van der Waals surface area contributed by atoms with Crippen LogP contribution in [0.25, 0.3) is 0 Å². The summed E-state index contributed by atoms with van der Waals surface area (Å²) in [5, 5.41) is 18.6. The average molecular weight is 321 g/mol. The minimum absolute atomic E-state index is 0.0418. The van der Waals surface area contributed by atoms with E-state index in [0.717, 1.165) is 5.56 Å². The van der Waals surface area contributed by atoms with E-state index in [2.05, 4.69) is 0 Å². The number of morpholine rings is 1. The van der Waals surface area contributed by atoms with Gasteiger partial charge in [0.2, 0.25) is 5.91 Å². The molecule has 1 unspecified atom stereocenters. The van der Waals surface area contributed by atoms with Gasteiger partial charge in [0.25, 0.3) is 0 Å². The van der Waals surface area contributed by atoms with Crippen molar-refractivity contribution < 1.29 is 24.5 Å². The van der Waals surface area contributed by atoms with Gasteiger partial charge in [0.05, 0.1) is 13.2 Å². The average Bonchev–Trinajstić information content (AvgIpc) is 2.48. The van der Waals surface area contributed by atoms with Gasteiger partial charge in [-0.3, -0.25) is 4.79 Å². The standard InChI is InChI=1S/C17H23NO5/c1-16(2,10-12-4-6-13(19)7-5-12)14(20)18-8-9-23-17(3,11-18)15(21)22/h4-7,19H,8-11H2,1-3H3,(H,21,22). The minimum Gasteiger partial charge on any atom is -0.508 e. The highest BCUT2D eigenvalue weighted by Gasteiger charge is 2.43. The Morgan fingerprint density at radius 2 is 1.91 bits per heavy atom. The van der Waals surface area contributed by atoms with E-state index in [4.69, 9.17) is 4.74 Å². The smallest absolute Gasteiger partial charge is 0.337 e. The first kappa shape index (κ1) is 17.3. The fourth-order valence-electron chi connectivity index (χ4n) is 2.80. The van der Waals surface area contributed by atoms with Crippen molar-refractivity contribution in [2.45, 2.75) is 32.8 Å². The lowest BCUT2D eigenvalue weighted by Crippen LogP contribution is -2.58. The van der Waals surface area contributed by atoms with Gasteiger partial charge in [-0.25, -0.2) is 4.79 Å². The number of amides is 1. The number of aliphatic carboxylic acids is 1. The van der Waals surface area contributed by atoms with Gasteiger partial charge in [-0.1, -0.05) is 26.0 Å². The quantitative estimate of drug-likeness (QED) is 0.881. The lowest BCUT2D eigenvalue weighted by atomic mass is 9.83. The van der Waals surface area contributed by atoms with Crippen LogP contribution in [0.4, 0.5) is 0 Å². The molecule has 23 heavy (non-hydrogen) atoms. The third-order valence-electron chi connectivity index (χ3n) is 4.18. The fraction of sp³-hybridized carbons (Fsp3) is 0.529. The summed E-state index contributed by atoms with van der Waals surface area (Å²) < 4.78 is 5.33.